The van der Waals surface area contributed by atoms with Gasteiger partial charge in [0.2, 0.25) is 4.96 Å². The van der Waals surface area contributed by atoms with E-state index >= 15 is 0 Å². The Balaban J connectivity index is 1.62. The summed E-state index contributed by atoms with van der Waals surface area (Å²) in [7, 11) is 3.97. The number of thiazole rings is 1. The molecule has 140 valence electrons. The molecule has 0 amide bonds. The molecule has 0 fully saturated rings. The van der Waals surface area contributed by atoms with Crippen molar-refractivity contribution in [3.05, 3.63) is 86.2 Å². The number of nitrogens with zero attached hydrogens (tertiary/aromatic N) is 4. The second-order valence-corrected chi connectivity index (χ2v) is 7.46. The third-order valence-corrected chi connectivity index (χ3v) is 5.16. The number of anilines is 1. The minimum absolute atomic E-state index is 0.189. The molecule has 0 saturated heterocycles. The molecule has 0 N–H and O–H groups in total. The van der Waals surface area contributed by atoms with Crippen LogP contribution in [-0.4, -0.2) is 28.7 Å². The SMILES string of the molecule is CN(C)c1ccc(/C=c2\sc3nc(/C=C/c4ccc(F)cc4)nn3c2=O)cc1. The third-order valence-electron chi connectivity index (χ3n) is 4.20. The Hall–Kier alpha value is -3.32. The lowest BCUT2D eigenvalue weighted by Gasteiger charge is -2.11. The summed E-state index contributed by atoms with van der Waals surface area (Å²) in [5.74, 6) is 0.156. The van der Waals surface area contributed by atoms with Gasteiger partial charge in [0.15, 0.2) is 5.82 Å². The van der Waals surface area contributed by atoms with Crippen molar-refractivity contribution in [3.8, 4) is 0 Å². The number of fused-ring (bicyclic) bond motifs is 1. The van der Waals surface area contributed by atoms with Crippen LogP contribution in [0.5, 0.6) is 0 Å². The van der Waals surface area contributed by atoms with E-state index in [0.717, 1.165) is 16.8 Å². The average Bonchev–Trinajstić information content (AvgIpc) is 3.21. The minimum atomic E-state index is -0.283. The zero-order chi connectivity index (χ0) is 19.7. The first-order valence-corrected chi connectivity index (χ1v) is 9.43. The van der Waals surface area contributed by atoms with Crippen molar-refractivity contribution in [3.63, 3.8) is 0 Å². The molecule has 0 spiro atoms. The highest BCUT2D eigenvalue weighted by Crippen LogP contribution is 2.13. The zero-order valence-electron chi connectivity index (χ0n) is 15.3. The molecule has 0 saturated carbocycles. The summed E-state index contributed by atoms with van der Waals surface area (Å²) < 4.78 is 14.9. The second-order valence-electron chi connectivity index (χ2n) is 6.45. The summed E-state index contributed by atoms with van der Waals surface area (Å²) in [6.45, 7) is 0. The fraction of sp³-hybridized carbons (Fsp3) is 0.0952. The van der Waals surface area contributed by atoms with Gasteiger partial charge in [0.05, 0.1) is 4.53 Å². The van der Waals surface area contributed by atoms with E-state index in [1.807, 2.05) is 49.3 Å². The highest BCUT2D eigenvalue weighted by Gasteiger charge is 2.09. The van der Waals surface area contributed by atoms with E-state index in [0.29, 0.717) is 15.3 Å². The molecular formula is C21H17FN4OS. The van der Waals surface area contributed by atoms with Gasteiger partial charge in [-0.15, -0.1) is 5.10 Å². The van der Waals surface area contributed by atoms with Gasteiger partial charge in [-0.25, -0.2) is 4.39 Å². The highest BCUT2D eigenvalue weighted by molar-refractivity contribution is 7.15. The lowest BCUT2D eigenvalue weighted by Crippen LogP contribution is -2.23. The van der Waals surface area contributed by atoms with Crippen LogP contribution in [0.1, 0.15) is 17.0 Å². The molecule has 4 rings (SSSR count). The van der Waals surface area contributed by atoms with Gasteiger partial charge in [0.1, 0.15) is 5.82 Å². The van der Waals surface area contributed by atoms with Crippen LogP contribution < -0.4 is 15.0 Å². The van der Waals surface area contributed by atoms with Gasteiger partial charge in [-0.1, -0.05) is 41.7 Å². The number of hydrogen-bond donors (Lipinski definition) is 0. The molecule has 0 unspecified atom stereocenters. The van der Waals surface area contributed by atoms with Gasteiger partial charge < -0.3 is 4.90 Å². The third kappa shape index (κ3) is 3.70. The van der Waals surface area contributed by atoms with Crippen LogP contribution in [0.3, 0.4) is 0 Å². The molecule has 0 atom stereocenters. The largest absolute Gasteiger partial charge is 0.378 e. The van der Waals surface area contributed by atoms with Crippen molar-refractivity contribution in [1.29, 1.82) is 0 Å². The van der Waals surface area contributed by atoms with Crippen LogP contribution in [0.2, 0.25) is 0 Å². The van der Waals surface area contributed by atoms with Crippen molar-refractivity contribution >= 4 is 40.2 Å². The summed E-state index contributed by atoms with van der Waals surface area (Å²) in [5, 5.41) is 4.26. The quantitative estimate of drug-likeness (QED) is 0.536. The van der Waals surface area contributed by atoms with Crippen LogP contribution in [0.25, 0.3) is 23.2 Å². The second kappa shape index (κ2) is 7.36. The summed E-state index contributed by atoms with van der Waals surface area (Å²) in [6, 6.07) is 14.1. The molecule has 2 aromatic carbocycles. The van der Waals surface area contributed by atoms with Crippen LogP contribution in [0.15, 0.2) is 53.3 Å². The molecule has 0 bridgehead atoms. The van der Waals surface area contributed by atoms with Crippen LogP contribution in [0.4, 0.5) is 10.1 Å². The zero-order valence-corrected chi connectivity index (χ0v) is 16.2. The predicted octanol–water partition coefficient (Wildman–Crippen LogP) is 3.07. The maximum Gasteiger partial charge on any atom is 0.291 e. The topological polar surface area (TPSA) is 50.5 Å². The Kier molecular flexibility index (Phi) is 4.75. The summed E-state index contributed by atoms with van der Waals surface area (Å²) in [4.78, 5) is 19.5. The van der Waals surface area contributed by atoms with E-state index in [1.165, 1.54) is 28.0 Å². The van der Waals surface area contributed by atoms with Gasteiger partial charge in [-0.05, 0) is 47.5 Å². The molecule has 0 aliphatic rings. The molecule has 0 aliphatic heterocycles. The Labute approximate surface area is 164 Å². The van der Waals surface area contributed by atoms with Crippen LogP contribution >= 0.6 is 11.3 Å². The van der Waals surface area contributed by atoms with Crippen molar-refractivity contribution in [2.24, 2.45) is 0 Å². The molecule has 7 heteroatoms. The molecule has 2 heterocycles. The molecule has 0 radical (unpaired) electrons. The van der Waals surface area contributed by atoms with Gasteiger partial charge in [-0.2, -0.15) is 9.50 Å². The van der Waals surface area contributed by atoms with Gasteiger partial charge in [0, 0.05) is 19.8 Å². The lowest BCUT2D eigenvalue weighted by atomic mass is 10.2. The number of benzene rings is 2. The molecule has 0 aliphatic carbocycles. The standard InChI is InChI=1S/C21H17FN4OS/c1-25(2)17-10-5-15(6-11-17)13-18-20(27)26-21(28-18)23-19(24-26)12-7-14-3-8-16(22)9-4-14/h3-13H,1-2H3/b12-7+,18-13-. The number of aromatic nitrogens is 3. The minimum Gasteiger partial charge on any atom is -0.378 e. The molecule has 2 aromatic heterocycles. The van der Waals surface area contributed by atoms with Gasteiger partial charge in [0.25, 0.3) is 5.56 Å². The van der Waals surface area contributed by atoms with Gasteiger partial charge in [-0.3, -0.25) is 4.79 Å². The highest BCUT2D eigenvalue weighted by atomic mass is 32.1. The first-order chi connectivity index (χ1) is 13.5. The number of halogens is 1. The predicted molar refractivity (Wildman–Crippen MR) is 112 cm³/mol. The Bertz CT molecular complexity index is 1250. The summed E-state index contributed by atoms with van der Waals surface area (Å²) in [5.41, 5.74) is 2.69. The smallest absolute Gasteiger partial charge is 0.291 e. The van der Waals surface area contributed by atoms with E-state index in [2.05, 4.69) is 10.1 Å². The van der Waals surface area contributed by atoms with E-state index in [4.69, 9.17) is 0 Å². The van der Waals surface area contributed by atoms with Crippen molar-refractivity contribution in [2.75, 3.05) is 19.0 Å². The van der Waals surface area contributed by atoms with Gasteiger partial charge >= 0.3 is 0 Å². The van der Waals surface area contributed by atoms with Crippen LogP contribution in [0, 0.1) is 5.82 Å². The first kappa shape index (κ1) is 18.1. The van der Waals surface area contributed by atoms with Crippen LogP contribution in [-0.2, 0) is 0 Å². The maximum atomic E-state index is 13.0. The summed E-state index contributed by atoms with van der Waals surface area (Å²) in [6.07, 6.45) is 5.33. The monoisotopic (exact) mass is 392 g/mol. The van der Waals surface area contributed by atoms with Crippen molar-refractivity contribution < 1.29 is 4.39 Å². The number of rotatable bonds is 4. The van der Waals surface area contributed by atoms with E-state index < -0.39 is 0 Å². The molecule has 28 heavy (non-hydrogen) atoms. The Morgan fingerprint density at radius 1 is 1.00 bits per heavy atom. The lowest BCUT2D eigenvalue weighted by molar-refractivity contribution is 0.628. The van der Waals surface area contributed by atoms with E-state index in [-0.39, 0.29) is 11.4 Å². The fourth-order valence-electron chi connectivity index (χ4n) is 2.68. The normalized spacial score (nSPS) is 12.3. The average molecular weight is 392 g/mol. The van der Waals surface area contributed by atoms with Crippen molar-refractivity contribution in [2.45, 2.75) is 0 Å². The molecule has 5 nitrogen and oxygen atoms in total. The molecular weight excluding hydrogens is 375 g/mol. The maximum absolute atomic E-state index is 13.0. The summed E-state index contributed by atoms with van der Waals surface area (Å²) >= 11 is 1.30. The Morgan fingerprint density at radius 3 is 2.32 bits per heavy atom. The molecule has 4 aromatic rings. The first-order valence-electron chi connectivity index (χ1n) is 8.62. The van der Waals surface area contributed by atoms with E-state index in [9.17, 15) is 9.18 Å². The number of hydrogen-bond acceptors (Lipinski definition) is 5. The fourth-order valence-corrected chi connectivity index (χ4v) is 3.60. The Morgan fingerprint density at radius 2 is 1.68 bits per heavy atom. The van der Waals surface area contributed by atoms with Crippen molar-refractivity contribution in [1.82, 2.24) is 14.6 Å². The van der Waals surface area contributed by atoms with E-state index in [1.54, 1.807) is 24.3 Å².